The van der Waals surface area contributed by atoms with E-state index in [1.807, 2.05) is 87.2 Å². The topological polar surface area (TPSA) is 78.0 Å². The van der Waals surface area contributed by atoms with E-state index in [4.69, 9.17) is 0 Å². The van der Waals surface area contributed by atoms with Gasteiger partial charge in [0.2, 0.25) is 11.8 Å². The maximum Gasteiger partial charge on any atom is 0.262 e. The SMILES string of the molecule is C[C@@H]1C[C@H](N(C(=O)C(C)(C)C)c2ccccc2)c2ccccc2N1C(=O)CN1C(=O)c2ccccc2C1=O. The van der Waals surface area contributed by atoms with Gasteiger partial charge in [0.05, 0.1) is 17.2 Å². The van der Waals surface area contributed by atoms with E-state index in [9.17, 15) is 19.2 Å². The lowest BCUT2D eigenvalue weighted by molar-refractivity contribution is -0.126. The predicted molar refractivity (Wildman–Crippen MR) is 146 cm³/mol. The van der Waals surface area contributed by atoms with Crippen LogP contribution in [0.25, 0.3) is 0 Å². The molecule has 0 saturated heterocycles. The summed E-state index contributed by atoms with van der Waals surface area (Å²) in [7, 11) is 0. The van der Waals surface area contributed by atoms with Crippen LogP contribution in [0.1, 0.15) is 66.4 Å². The Bertz CT molecular complexity index is 1390. The van der Waals surface area contributed by atoms with Gasteiger partial charge < -0.3 is 9.80 Å². The van der Waals surface area contributed by atoms with Gasteiger partial charge in [0, 0.05) is 22.8 Å². The number of anilines is 2. The Hall–Kier alpha value is -4.26. The van der Waals surface area contributed by atoms with Crippen molar-refractivity contribution < 1.29 is 19.2 Å². The zero-order valence-corrected chi connectivity index (χ0v) is 22.0. The summed E-state index contributed by atoms with van der Waals surface area (Å²) in [5.74, 6) is -1.27. The normalized spacial score (nSPS) is 18.7. The van der Waals surface area contributed by atoms with Gasteiger partial charge in [-0.1, -0.05) is 69.3 Å². The van der Waals surface area contributed by atoms with E-state index >= 15 is 0 Å². The monoisotopic (exact) mass is 509 g/mol. The number of para-hydroxylation sites is 2. The first kappa shape index (κ1) is 25.4. The van der Waals surface area contributed by atoms with E-state index in [0.717, 1.165) is 16.2 Å². The van der Waals surface area contributed by atoms with Crippen molar-refractivity contribution in [3.63, 3.8) is 0 Å². The molecule has 38 heavy (non-hydrogen) atoms. The van der Waals surface area contributed by atoms with Gasteiger partial charge in [0.25, 0.3) is 11.8 Å². The standard InChI is InChI=1S/C31H31N3O4/c1-20-18-26(34(30(38)31(2,3)4)21-12-6-5-7-13-21)24-16-10-11-17-25(24)33(20)27(35)19-32-28(36)22-14-8-9-15-23(22)29(32)37/h5-17,20,26H,18-19H2,1-4H3/t20-,26+/m1/s1. The average molecular weight is 510 g/mol. The van der Waals surface area contributed by atoms with Crippen LogP contribution in [0.5, 0.6) is 0 Å². The Morgan fingerprint density at radius 3 is 2.00 bits per heavy atom. The number of benzene rings is 3. The second-order valence-electron chi connectivity index (χ2n) is 10.9. The molecule has 0 aliphatic carbocycles. The van der Waals surface area contributed by atoms with Crippen molar-refractivity contribution in [2.45, 2.75) is 46.2 Å². The first-order valence-electron chi connectivity index (χ1n) is 12.8. The Morgan fingerprint density at radius 1 is 0.842 bits per heavy atom. The molecule has 0 bridgehead atoms. The molecule has 0 N–H and O–H groups in total. The van der Waals surface area contributed by atoms with E-state index in [1.54, 1.807) is 29.2 Å². The molecule has 3 aromatic carbocycles. The molecule has 2 aliphatic rings. The summed E-state index contributed by atoms with van der Waals surface area (Å²) in [4.78, 5) is 57.8. The highest BCUT2D eigenvalue weighted by Gasteiger charge is 2.43. The zero-order chi connectivity index (χ0) is 27.2. The number of fused-ring (bicyclic) bond motifs is 2. The second-order valence-corrected chi connectivity index (χ2v) is 10.9. The number of carbonyl (C=O) groups excluding carboxylic acids is 4. The molecule has 3 aromatic rings. The molecule has 2 atom stereocenters. The number of carbonyl (C=O) groups is 4. The highest BCUT2D eigenvalue weighted by Crippen LogP contribution is 2.43. The van der Waals surface area contributed by atoms with Gasteiger partial charge in [-0.25, -0.2) is 0 Å². The number of rotatable bonds is 4. The maximum atomic E-state index is 13.8. The van der Waals surface area contributed by atoms with E-state index < -0.39 is 17.2 Å². The third-order valence-electron chi connectivity index (χ3n) is 7.21. The third-order valence-corrected chi connectivity index (χ3v) is 7.21. The molecule has 7 nitrogen and oxygen atoms in total. The minimum Gasteiger partial charge on any atom is -0.308 e. The summed E-state index contributed by atoms with van der Waals surface area (Å²) in [6.45, 7) is 7.30. The molecule has 0 radical (unpaired) electrons. The first-order valence-corrected chi connectivity index (χ1v) is 12.8. The lowest BCUT2D eigenvalue weighted by atomic mass is 9.87. The number of imide groups is 1. The molecule has 2 heterocycles. The van der Waals surface area contributed by atoms with Crippen molar-refractivity contribution in [3.05, 3.63) is 95.6 Å². The lowest BCUT2D eigenvalue weighted by Gasteiger charge is -2.45. The summed E-state index contributed by atoms with van der Waals surface area (Å²) in [6, 6.07) is 23.2. The van der Waals surface area contributed by atoms with Crippen molar-refractivity contribution in [3.8, 4) is 0 Å². The van der Waals surface area contributed by atoms with E-state index in [1.165, 1.54) is 0 Å². The predicted octanol–water partition coefficient (Wildman–Crippen LogP) is 5.23. The van der Waals surface area contributed by atoms with Crippen molar-refractivity contribution in [1.82, 2.24) is 4.90 Å². The van der Waals surface area contributed by atoms with Crippen LogP contribution in [-0.4, -0.2) is 41.1 Å². The van der Waals surface area contributed by atoms with Gasteiger partial charge >= 0.3 is 0 Å². The highest BCUT2D eigenvalue weighted by molar-refractivity contribution is 6.22. The van der Waals surface area contributed by atoms with Gasteiger partial charge in [-0.2, -0.15) is 0 Å². The van der Waals surface area contributed by atoms with Crippen LogP contribution in [0.3, 0.4) is 0 Å². The highest BCUT2D eigenvalue weighted by atomic mass is 16.2. The summed E-state index contributed by atoms with van der Waals surface area (Å²) >= 11 is 0. The fourth-order valence-corrected chi connectivity index (χ4v) is 5.39. The van der Waals surface area contributed by atoms with Crippen LogP contribution < -0.4 is 9.80 Å². The van der Waals surface area contributed by atoms with Gasteiger partial charge in [-0.05, 0) is 49.2 Å². The number of hydrogen-bond acceptors (Lipinski definition) is 4. The quantitative estimate of drug-likeness (QED) is 0.452. The molecule has 5 rings (SSSR count). The Balaban J connectivity index is 1.50. The first-order chi connectivity index (χ1) is 18.1. The van der Waals surface area contributed by atoms with E-state index in [0.29, 0.717) is 23.2 Å². The lowest BCUT2D eigenvalue weighted by Crippen LogP contribution is -2.52. The van der Waals surface area contributed by atoms with Crippen LogP contribution in [0.15, 0.2) is 78.9 Å². The average Bonchev–Trinajstić information content (AvgIpc) is 3.13. The Labute approximate surface area is 222 Å². The van der Waals surface area contributed by atoms with E-state index in [-0.39, 0.29) is 30.4 Å². The van der Waals surface area contributed by atoms with Crippen LogP contribution >= 0.6 is 0 Å². The van der Waals surface area contributed by atoms with Gasteiger partial charge in [0.1, 0.15) is 6.54 Å². The third kappa shape index (κ3) is 4.28. The number of nitrogens with zero attached hydrogens (tertiary/aromatic N) is 3. The van der Waals surface area contributed by atoms with Crippen molar-refractivity contribution in [2.75, 3.05) is 16.3 Å². The van der Waals surface area contributed by atoms with E-state index in [2.05, 4.69) is 0 Å². The fraction of sp³-hybridized carbons (Fsp3) is 0.290. The largest absolute Gasteiger partial charge is 0.308 e. The molecule has 4 amide bonds. The van der Waals surface area contributed by atoms with Crippen LogP contribution in [0, 0.1) is 5.41 Å². The Morgan fingerprint density at radius 2 is 1.39 bits per heavy atom. The molecular weight excluding hydrogens is 478 g/mol. The minimum absolute atomic E-state index is 0.0125. The zero-order valence-electron chi connectivity index (χ0n) is 22.0. The molecule has 2 aliphatic heterocycles. The number of amides is 4. The maximum absolute atomic E-state index is 13.8. The molecule has 0 spiro atoms. The molecule has 0 saturated carbocycles. The summed E-state index contributed by atoms with van der Waals surface area (Å²) in [5.41, 5.74) is 2.34. The van der Waals surface area contributed by atoms with Gasteiger partial charge in [-0.3, -0.25) is 24.1 Å². The minimum atomic E-state index is -0.619. The molecular formula is C31H31N3O4. The molecule has 0 fully saturated rings. The van der Waals surface area contributed by atoms with Gasteiger partial charge in [-0.15, -0.1) is 0 Å². The van der Waals surface area contributed by atoms with Crippen molar-refractivity contribution in [2.24, 2.45) is 5.41 Å². The summed E-state index contributed by atoms with van der Waals surface area (Å²) < 4.78 is 0. The summed E-state index contributed by atoms with van der Waals surface area (Å²) in [5, 5.41) is 0. The molecule has 194 valence electrons. The molecule has 0 unspecified atom stereocenters. The molecule has 0 aromatic heterocycles. The van der Waals surface area contributed by atoms with Crippen molar-refractivity contribution in [1.29, 1.82) is 0 Å². The smallest absolute Gasteiger partial charge is 0.262 e. The number of hydrogen-bond donors (Lipinski definition) is 0. The summed E-state index contributed by atoms with van der Waals surface area (Å²) in [6.07, 6.45) is 0.502. The Kier molecular flexibility index (Phi) is 6.39. The fourth-order valence-electron chi connectivity index (χ4n) is 5.39. The van der Waals surface area contributed by atoms with Gasteiger partial charge in [0.15, 0.2) is 0 Å². The second kappa shape index (κ2) is 9.56. The van der Waals surface area contributed by atoms with Crippen molar-refractivity contribution >= 4 is 35.0 Å². The van der Waals surface area contributed by atoms with Crippen LogP contribution in [0.4, 0.5) is 11.4 Å². The van der Waals surface area contributed by atoms with Crippen LogP contribution in [0.2, 0.25) is 0 Å². The molecule has 7 heteroatoms. The van der Waals surface area contributed by atoms with Crippen LogP contribution in [-0.2, 0) is 9.59 Å².